The highest BCUT2D eigenvalue weighted by molar-refractivity contribution is 9.10. The van der Waals surface area contributed by atoms with E-state index in [0.29, 0.717) is 15.7 Å². The second kappa shape index (κ2) is 5.49. The number of hydrogen-bond donors (Lipinski definition) is 2. The van der Waals surface area contributed by atoms with E-state index in [9.17, 15) is 4.79 Å². The van der Waals surface area contributed by atoms with Crippen LogP contribution >= 0.6 is 15.9 Å². The molecule has 96 valence electrons. The molecule has 8 heteroatoms. The molecule has 0 fully saturated rings. The average Bonchev–Trinajstić information content (AvgIpc) is 2.77. The standard InChI is InChI=1S/C11H9BrN6O/c12-8-3-7(4-13)1-2-9(8)16-10(19)5-18-6-15-11(14)17-18/h1-3,6H,5H2,(H2,14,17)(H,16,19). The molecule has 0 aliphatic carbocycles. The van der Waals surface area contributed by atoms with Crippen LogP contribution in [0.1, 0.15) is 5.56 Å². The maximum atomic E-state index is 11.8. The van der Waals surface area contributed by atoms with Crippen molar-refractivity contribution in [2.45, 2.75) is 6.54 Å². The topological polar surface area (TPSA) is 110 Å². The molecule has 1 aromatic carbocycles. The summed E-state index contributed by atoms with van der Waals surface area (Å²) in [7, 11) is 0. The Morgan fingerprint density at radius 2 is 2.37 bits per heavy atom. The fourth-order valence-corrected chi connectivity index (χ4v) is 1.89. The number of nitrogens with one attached hydrogen (secondary N) is 1. The Kier molecular flexibility index (Phi) is 3.77. The minimum absolute atomic E-state index is 0.0106. The van der Waals surface area contributed by atoms with Crippen LogP contribution in [0, 0.1) is 11.3 Å². The van der Waals surface area contributed by atoms with E-state index in [4.69, 9.17) is 11.0 Å². The molecule has 7 nitrogen and oxygen atoms in total. The van der Waals surface area contributed by atoms with Crippen molar-refractivity contribution < 1.29 is 4.79 Å². The maximum absolute atomic E-state index is 11.8. The third-order valence-electron chi connectivity index (χ3n) is 2.23. The molecule has 0 saturated heterocycles. The van der Waals surface area contributed by atoms with Gasteiger partial charge in [-0.25, -0.2) is 9.67 Å². The van der Waals surface area contributed by atoms with Crippen LogP contribution in [-0.4, -0.2) is 20.7 Å². The van der Waals surface area contributed by atoms with Gasteiger partial charge in [-0.3, -0.25) is 4.79 Å². The fraction of sp³-hybridized carbons (Fsp3) is 0.0909. The summed E-state index contributed by atoms with van der Waals surface area (Å²) in [5.74, 6) is -0.150. The molecule has 2 aromatic rings. The molecule has 0 bridgehead atoms. The lowest BCUT2D eigenvalue weighted by Crippen LogP contribution is -2.19. The van der Waals surface area contributed by atoms with Crippen molar-refractivity contribution in [3.8, 4) is 6.07 Å². The maximum Gasteiger partial charge on any atom is 0.246 e. The Hall–Kier alpha value is -2.40. The number of hydrogen-bond acceptors (Lipinski definition) is 5. The van der Waals surface area contributed by atoms with Gasteiger partial charge in [0.25, 0.3) is 0 Å². The predicted molar refractivity (Wildman–Crippen MR) is 71.9 cm³/mol. The number of nitrogen functional groups attached to an aromatic ring is 1. The molecule has 19 heavy (non-hydrogen) atoms. The van der Waals surface area contributed by atoms with Crippen LogP contribution < -0.4 is 11.1 Å². The van der Waals surface area contributed by atoms with E-state index in [2.05, 4.69) is 31.3 Å². The van der Waals surface area contributed by atoms with E-state index in [0.717, 1.165) is 0 Å². The highest BCUT2D eigenvalue weighted by Gasteiger charge is 2.08. The SMILES string of the molecule is N#Cc1ccc(NC(=O)Cn2cnc(N)n2)c(Br)c1. The van der Waals surface area contributed by atoms with Crippen LogP contribution in [0.5, 0.6) is 0 Å². The number of nitrogens with two attached hydrogens (primary N) is 1. The molecule has 0 radical (unpaired) electrons. The van der Waals surface area contributed by atoms with Crippen molar-refractivity contribution in [2.75, 3.05) is 11.1 Å². The second-order valence-electron chi connectivity index (χ2n) is 3.65. The average molecular weight is 321 g/mol. The molecular formula is C11H9BrN6O. The number of benzene rings is 1. The highest BCUT2D eigenvalue weighted by atomic mass is 79.9. The van der Waals surface area contributed by atoms with Crippen molar-refractivity contribution in [1.29, 1.82) is 5.26 Å². The van der Waals surface area contributed by atoms with Crippen molar-refractivity contribution in [3.05, 3.63) is 34.6 Å². The Morgan fingerprint density at radius 3 is 2.95 bits per heavy atom. The predicted octanol–water partition coefficient (Wildman–Crippen LogP) is 1.13. The van der Waals surface area contributed by atoms with Gasteiger partial charge in [0.2, 0.25) is 11.9 Å². The van der Waals surface area contributed by atoms with Crippen molar-refractivity contribution in [2.24, 2.45) is 0 Å². The number of amides is 1. The zero-order chi connectivity index (χ0) is 13.8. The number of nitriles is 1. The molecule has 1 aromatic heterocycles. The van der Waals surface area contributed by atoms with E-state index in [1.165, 1.54) is 11.0 Å². The monoisotopic (exact) mass is 320 g/mol. The molecule has 1 heterocycles. The van der Waals surface area contributed by atoms with Gasteiger partial charge in [-0.15, -0.1) is 5.10 Å². The van der Waals surface area contributed by atoms with Crippen molar-refractivity contribution in [3.63, 3.8) is 0 Å². The van der Waals surface area contributed by atoms with Gasteiger partial charge in [-0.1, -0.05) is 0 Å². The zero-order valence-corrected chi connectivity index (χ0v) is 11.3. The first kappa shape index (κ1) is 13.0. The van der Waals surface area contributed by atoms with Crippen LogP contribution in [0.15, 0.2) is 29.0 Å². The molecular weight excluding hydrogens is 312 g/mol. The number of nitrogens with zero attached hydrogens (tertiary/aromatic N) is 4. The molecule has 3 N–H and O–H groups in total. The summed E-state index contributed by atoms with van der Waals surface area (Å²) < 4.78 is 1.97. The molecule has 1 amide bonds. The van der Waals surface area contributed by atoms with Gasteiger partial charge in [0, 0.05) is 4.47 Å². The minimum atomic E-state index is -0.268. The van der Waals surface area contributed by atoms with Crippen LogP contribution in [-0.2, 0) is 11.3 Å². The third kappa shape index (κ3) is 3.29. The van der Waals surface area contributed by atoms with Crippen LogP contribution in [0.3, 0.4) is 0 Å². The second-order valence-corrected chi connectivity index (χ2v) is 4.51. The Balaban J connectivity index is 2.05. The van der Waals surface area contributed by atoms with Gasteiger partial charge >= 0.3 is 0 Å². The Labute approximate surface area is 117 Å². The van der Waals surface area contributed by atoms with E-state index >= 15 is 0 Å². The zero-order valence-electron chi connectivity index (χ0n) is 9.67. The molecule has 0 unspecified atom stereocenters. The van der Waals surface area contributed by atoms with Gasteiger partial charge in [0.1, 0.15) is 12.9 Å². The van der Waals surface area contributed by atoms with E-state index in [1.54, 1.807) is 18.2 Å². The number of rotatable bonds is 3. The normalized spacial score (nSPS) is 9.89. The van der Waals surface area contributed by atoms with Gasteiger partial charge in [0.15, 0.2) is 0 Å². The van der Waals surface area contributed by atoms with Gasteiger partial charge < -0.3 is 11.1 Å². The number of aromatic nitrogens is 3. The molecule has 2 rings (SSSR count). The number of carbonyl (C=O) groups excluding carboxylic acids is 1. The molecule has 0 spiro atoms. The summed E-state index contributed by atoms with van der Waals surface area (Å²) in [5, 5.41) is 15.2. The highest BCUT2D eigenvalue weighted by Crippen LogP contribution is 2.23. The minimum Gasteiger partial charge on any atom is -0.367 e. The largest absolute Gasteiger partial charge is 0.367 e. The third-order valence-corrected chi connectivity index (χ3v) is 2.89. The molecule has 0 aliphatic heterocycles. The summed E-state index contributed by atoms with van der Waals surface area (Å²) in [4.78, 5) is 15.5. The van der Waals surface area contributed by atoms with E-state index in [1.807, 2.05) is 6.07 Å². The van der Waals surface area contributed by atoms with Crippen LogP contribution in [0.2, 0.25) is 0 Å². The quantitative estimate of drug-likeness (QED) is 0.881. The first-order chi connectivity index (χ1) is 9.08. The summed E-state index contributed by atoms with van der Waals surface area (Å²) in [6, 6.07) is 6.91. The summed E-state index contributed by atoms with van der Waals surface area (Å²) in [5.41, 5.74) is 6.44. The van der Waals surface area contributed by atoms with E-state index in [-0.39, 0.29) is 18.4 Å². The number of halogens is 1. The van der Waals surface area contributed by atoms with Gasteiger partial charge in [-0.05, 0) is 34.1 Å². The molecule has 0 aliphatic rings. The van der Waals surface area contributed by atoms with E-state index < -0.39 is 0 Å². The van der Waals surface area contributed by atoms with Gasteiger partial charge in [-0.2, -0.15) is 5.26 Å². The molecule has 0 saturated carbocycles. The van der Waals surface area contributed by atoms with Crippen LogP contribution in [0.4, 0.5) is 11.6 Å². The Morgan fingerprint density at radius 1 is 1.58 bits per heavy atom. The lowest BCUT2D eigenvalue weighted by molar-refractivity contribution is -0.116. The first-order valence-electron chi connectivity index (χ1n) is 5.23. The smallest absolute Gasteiger partial charge is 0.246 e. The van der Waals surface area contributed by atoms with Crippen LogP contribution in [0.25, 0.3) is 0 Å². The fourth-order valence-electron chi connectivity index (χ4n) is 1.41. The van der Waals surface area contributed by atoms with Crippen molar-refractivity contribution in [1.82, 2.24) is 14.8 Å². The lowest BCUT2D eigenvalue weighted by atomic mass is 10.2. The number of carbonyl (C=O) groups is 1. The number of anilines is 2. The first-order valence-corrected chi connectivity index (χ1v) is 6.02. The summed E-state index contributed by atoms with van der Waals surface area (Å²) in [6.07, 6.45) is 1.38. The molecule has 0 atom stereocenters. The Bertz CT molecular complexity index is 659. The van der Waals surface area contributed by atoms with Crippen molar-refractivity contribution >= 4 is 33.5 Å². The van der Waals surface area contributed by atoms with Gasteiger partial charge in [0.05, 0.1) is 17.3 Å². The summed E-state index contributed by atoms with van der Waals surface area (Å²) >= 11 is 3.29. The lowest BCUT2D eigenvalue weighted by Gasteiger charge is -2.07. The summed E-state index contributed by atoms with van der Waals surface area (Å²) in [6.45, 7) is 0.0106.